The maximum absolute atomic E-state index is 12.6. The number of hydrogen-bond acceptors (Lipinski definition) is 4. The van der Waals surface area contributed by atoms with Gasteiger partial charge in [-0.15, -0.1) is 0 Å². The van der Waals surface area contributed by atoms with Crippen molar-refractivity contribution in [2.24, 2.45) is 0 Å². The summed E-state index contributed by atoms with van der Waals surface area (Å²) < 4.78 is 5.63. The van der Waals surface area contributed by atoms with Gasteiger partial charge in [0.25, 0.3) is 11.8 Å². The minimum absolute atomic E-state index is 0.00856. The van der Waals surface area contributed by atoms with Crippen LogP contribution in [0.25, 0.3) is 10.8 Å². The zero-order valence-corrected chi connectivity index (χ0v) is 15.8. The van der Waals surface area contributed by atoms with Gasteiger partial charge < -0.3 is 20.7 Å². The number of carbonyl (C=O) groups is 3. The molecule has 0 bridgehead atoms. The molecule has 0 saturated heterocycles. The maximum atomic E-state index is 12.6. The van der Waals surface area contributed by atoms with E-state index >= 15 is 0 Å². The maximum Gasteiger partial charge on any atom is 0.258 e. The summed E-state index contributed by atoms with van der Waals surface area (Å²) in [4.78, 5) is 35.3. The van der Waals surface area contributed by atoms with Crippen LogP contribution in [0.3, 0.4) is 0 Å². The lowest BCUT2D eigenvalue weighted by molar-refractivity contribution is -0.123. The molecule has 0 saturated carbocycles. The monoisotopic (exact) mass is 371 g/mol. The van der Waals surface area contributed by atoms with Crippen LogP contribution in [0.2, 0.25) is 0 Å². The minimum Gasteiger partial charge on any atom is -0.483 e. The van der Waals surface area contributed by atoms with Gasteiger partial charge in [-0.1, -0.05) is 24.3 Å². The Hall–Kier alpha value is -3.09. The van der Waals surface area contributed by atoms with E-state index in [1.165, 1.54) is 6.92 Å². The topological polar surface area (TPSA) is 96.5 Å². The largest absolute Gasteiger partial charge is 0.483 e. The van der Waals surface area contributed by atoms with E-state index in [9.17, 15) is 14.4 Å². The van der Waals surface area contributed by atoms with E-state index in [0.29, 0.717) is 24.4 Å². The average Bonchev–Trinajstić information content (AvgIpc) is 2.61. The van der Waals surface area contributed by atoms with Crippen LogP contribution in [-0.4, -0.2) is 43.5 Å². The zero-order valence-electron chi connectivity index (χ0n) is 15.8. The van der Waals surface area contributed by atoms with Crippen molar-refractivity contribution in [3.63, 3.8) is 0 Å². The average molecular weight is 371 g/mol. The van der Waals surface area contributed by atoms with E-state index in [-0.39, 0.29) is 30.4 Å². The SMILES string of the molecule is CC(=O)NCCNC(=O)c1cc2ccccc2cc1OCC(=O)NC(C)C. The van der Waals surface area contributed by atoms with E-state index in [4.69, 9.17) is 4.74 Å². The Bertz CT molecular complexity index is 833. The van der Waals surface area contributed by atoms with Crippen molar-refractivity contribution in [3.05, 3.63) is 42.0 Å². The molecule has 144 valence electrons. The zero-order chi connectivity index (χ0) is 19.8. The van der Waals surface area contributed by atoms with E-state index in [1.54, 1.807) is 12.1 Å². The number of amides is 3. The molecule has 2 aromatic carbocycles. The Labute approximate surface area is 158 Å². The van der Waals surface area contributed by atoms with Crippen molar-refractivity contribution in [2.75, 3.05) is 19.7 Å². The molecule has 0 heterocycles. The molecule has 2 rings (SSSR count). The van der Waals surface area contributed by atoms with Gasteiger partial charge in [0.15, 0.2) is 6.61 Å². The van der Waals surface area contributed by atoms with Gasteiger partial charge in [0.05, 0.1) is 5.56 Å². The first-order valence-corrected chi connectivity index (χ1v) is 8.84. The quantitative estimate of drug-likeness (QED) is 0.614. The van der Waals surface area contributed by atoms with Gasteiger partial charge in [0.1, 0.15) is 5.75 Å². The molecule has 27 heavy (non-hydrogen) atoms. The molecule has 0 radical (unpaired) electrons. The minimum atomic E-state index is -0.328. The summed E-state index contributed by atoms with van der Waals surface area (Å²) in [5.74, 6) is -0.402. The van der Waals surface area contributed by atoms with Crippen molar-refractivity contribution in [2.45, 2.75) is 26.8 Å². The molecule has 0 aliphatic rings. The molecule has 7 heteroatoms. The van der Waals surface area contributed by atoms with Crippen LogP contribution in [0.15, 0.2) is 36.4 Å². The fraction of sp³-hybridized carbons (Fsp3) is 0.350. The number of benzene rings is 2. The number of fused-ring (bicyclic) bond motifs is 1. The lowest BCUT2D eigenvalue weighted by Crippen LogP contribution is -2.35. The molecule has 0 spiro atoms. The lowest BCUT2D eigenvalue weighted by atomic mass is 10.1. The summed E-state index contributed by atoms with van der Waals surface area (Å²) in [5, 5.41) is 9.91. The second-order valence-electron chi connectivity index (χ2n) is 6.45. The Morgan fingerprint density at radius 1 is 1.00 bits per heavy atom. The third-order valence-electron chi connectivity index (χ3n) is 3.69. The number of ether oxygens (including phenoxy) is 1. The normalized spacial score (nSPS) is 10.5. The highest BCUT2D eigenvalue weighted by molar-refractivity contribution is 6.01. The standard InChI is InChI=1S/C20H25N3O4/c1-13(2)23-19(25)12-27-18-11-16-7-5-4-6-15(16)10-17(18)20(26)22-9-8-21-14(3)24/h4-7,10-11,13H,8-9,12H2,1-3H3,(H,21,24)(H,22,26)(H,23,25). The molecule has 7 nitrogen and oxygen atoms in total. The van der Waals surface area contributed by atoms with Crippen molar-refractivity contribution < 1.29 is 19.1 Å². The van der Waals surface area contributed by atoms with Gasteiger partial charge in [-0.2, -0.15) is 0 Å². The van der Waals surface area contributed by atoms with Crippen LogP contribution in [0.1, 0.15) is 31.1 Å². The van der Waals surface area contributed by atoms with Gasteiger partial charge in [0.2, 0.25) is 5.91 Å². The Morgan fingerprint density at radius 2 is 1.63 bits per heavy atom. The van der Waals surface area contributed by atoms with Crippen molar-refractivity contribution in [1.82, 2.24) is 16.0 Å². The van der Waals surface area contributed by atoms with E-state index in [1.807, 2.05) is 38.1 Å². The first kappa shape index (κ1) is 20.2. The van der Waals surface area contributed by atoms with Gasteiger partial charge in [0, 0.05) is 26.1 Å². The second kappa shape index (κ2) is 9.56. The number of carbonyl (C=O) groups excluding carboxylic acids is 3. The van der Waals surface area contributed by atoms with E-state index < -0.39 is 0 Å². The number of hydrogen-bond donors (Lipinski definition) is 3. The molecule has 0 aliphatic carbocycles. The molecular weight excluding hydrogens is 346 g/mol. The molecular formula is C20H25N3O4. The molecule has 0 aliphatic heterocycles. The highest BCUT2D eigenvalue weighted by Crippen LogP contribution is 2.26. The van der Waals surface area contributed by atoms with Gasteiger partial charge in [-0.25, -0.2) is 0 Å². The van der Waals surface area contributed by atoms with Crippen LogP contribution in [0, 0.1) is 0 Å². The summed E-state index contributed by atoms with van der Waals surface area (Å²) in [5.41, 5.74) is 0.342. The first-order valence-electron chi connectivity index (χ1n) is 8.84. The highest BCUT2D eigenvalue weighted by atomic mass is 16.5. The fourth-order valence-corrected chi connectivity index (χ4v) is 2.53. The second-order valence-corrected chi connectivity index (χ2v) is 6.45. The molecule has 0 aromatic heterocycles. The third kappa shape index (κ3) is 6.29. The summed E-state index contributed by atoms with van der Waals surface area (Å²) in [7, 11) is 0. The molecule has 0 unspecified atom stereocenters. The van der Waals surface area contributed by atoms with Crippen LogP contribution in [0.5, 0.6) is 5.75 Å². The number of rotatable bonds is 8. The molecule has 0 atom stereocenters. The lowest BCUT2D eigenvalue weighted by Gasteiger charge is -2.14. The van der Waals surface area contributed by atoms with Gasteiger partial charge in [-0.05, 0) is 36.8 Å². The van der Waals surface area contributed by atoms with E-state index in [0.717, 1.165) is 10.8 Å². The van der Waals surface area contributed by atoms with Gasteiger partial charge >= 0.3 is 0 Å². The third-order valence-corrected chi connectivity index (χ3v) is 3.69. The molecule has 3 N–H and O–H groups in total. The van der Waals surface area contributed by atoms with E-state index in [2.05, 4.69) is 16.0 Å². The smallest absolute Gasteiger partial charge is 0.258 e. The molecule has 0 fully saturated rings. The Kier molecular flexibility index (Phi) is 7.16. The summed E-state index contributed by atoms with van der Waals surface area (Å²) in [6.07, 6.45) is 0. The fourth-order valence-electron chi connectivity index (χ4n) is 2.53. The van der Waals surface area contributed by atoms with Crippen molar-refractivity contribution in [3.8, 4) is 5.75 Å². The van der Waals surface area contributed by atoms with Crippen LogP contribution in [0.4, 0.5) is 0 Å². The van der Waals surface area contributed by atoms with Crippen LogP contribution < -0.4 is 20.7 Å². The van der Waals surface area contributed by atoms with Crippen molar-refractivity contribution in [1.29, 1.82) is 0 Å². The summed E-state index contributed by atoms with van der Waals surface area (Å²) >= 11 is 0. The Morgan fingerprint density at radius 3 is 2.26 bits per heavy atom. The highest BCUT2D eigenvalue weighted by Gasteiger charge is 2.15. The first-order chi connectivity index (χ1) is 12.9. The predicted molar refractivity (Wildman–Crippen MR) is 104 cm³/mol. The van der Waals surface area contributed by atoms with Crippen molar-refractivity contribution >= 4 is 28.5 Å². The Balaban J connectivity index is 2.17. The predicted octanol–water partition coefficient (Wildman–Crippen LogP) is 1.61. The van der Waals surface area contributed by atoms with Gasteiger partial charge in [-0.3, -0.25) is 14.4 Å². The molecule has 3 amide bonds. The summed E-state index contributed by atoms with van der Waals surface area (Å²) in [6, 6.07) is 11.1. The van der Waals surface area contributed by atoms with Crippen LogP contribution >= 0.6 is 0 Å². The number of nitrogens with one attached hydrogen (secondary N) is 3. The summed E-state index contributed by atoms with van der Waals surface area (Å²) in [6.45, 7) is 5.59. The molecule has 2 aromatic rings. The van der Waals surface area contributed by atoms with Crippen LogP contribution in [-0.2, 0) is 9.59 Å².